The standard InChI is InChI=1S/C26H15NO.C26H15NS/c1-2-7-17-12-24-21(11-16(17)6-1)22-13-23-20(14-25(22)28-24)19-10-9-15-5-3-4-8-18(15)26(19)27-23;1-3-7-17-15(5-1)9-11-19-21-14-24-22(13-23(21)27-25(17)19)20-12-10-16-6-2-4-8-18(16)26(20)28-24/h2*1-14,27H. The van der Waals surface area contributed by atoms with Crippen molar-refractivity contribution in [2.75, 3.05) is 0 Å². The number of nitrogens with one attached hydrogen (secondary N) is 2. The van der Waals surface area contributed by atoms with Crippen LogP contribution in [-0.2, 0) is 0 Å². The van der Waals surface area contributed by atoms with E-state index in [1.807, 2.05) is 11.3 Å². The van der Waals surface area contributed by atoms with Gasteiger partial charge in [-0.15, -0.1) is 11.3 Å². The van der Waals surface area contributed by atoms with Gasteiger partial charge < -0.3 is 14.4 Å². The first kappa shape index (κ1) is 30.2. The van der Waals surface area contributed by atoms with Gasteiger partial charge in [0, 0.05) is 74.3 Å². The summed E-state index contributed by atoms with van der Waals surface area (Å²) in [6.07, 6.45) is 0. The van der Waals surface area contributed by atoms with E-state index in [0.29, 0.717) is 0 Å². The number of aromatic amines is 2. The van der Waals surface area contributed by atoms with E-state index in [1.54, 1.807) is 0 Å². The number of aromatic nitrogens is 2. The molecule has 0 aliphatic carbocycles. The van der Waals surface area contributed by atoms with Gasteiger partial charge in [-0.2, -0.15) is 0 Å². The molecule has 10 aromatic carbocycles. The second-order valence-electron chi connectivity index (χ2n) is 15.0. The average molecular weight is 731 g/mol. The van der Waals surface area contributed by atoms with Crippen molar-refractivity contribution in [3.05, 3.63) is 170 Å². The fourth-order valence-corrected chi connectivity index (χ4v) is 10.5. The molecular weight excluding hydrogens is 701 g/mol. The van der Waals surface area contributed by atoms with Crippen LogP contribution in [0.15, 0.2) is 174 Å². The summed E-state index contributed by atoms with van der Waals surface area (Å²) in [6, 6.07) is 61.1. The first-order valence-electron chi connectivity index (χ1n) is 19.1. The van der Waals surface area contributed by atoms with Crippen LogP contribution in [0.3, 0.4) is 0 Å². The average Bonchev–Trinajstić information content (AvgIpc) is 4.01. The van der Waals surface area contributed by atoms with E-state index in [-0.39, 0.29) is 0 Å². The number of fused-ring (bicyclic) bond motifs is 19. The molecule has 0 spiro atoms. The van der Waals surface area contributed by atoms with Crippen molar-refractivity contribution in [3.8, 4) is 0 Å². The molecule has 14 rings (SSSR count). The molecule has 14 aromatic rings. The molecule has 260 valence electrons. The van der Waals surface area contributed by atoms with E-state index in [4.69, 9.17) is 4.42 Å². The Bertz CT molecular complexity index is 3720. The molecule has 0 aliphatic rings. The maximum atomic E-state index is 6.26. The Morgan fingerprint density at radius 1 is 0.321 bits per heavy atom. The summed E-state index contributed by atoms with van der Waals surface area (Å²) in [6.45, 7) is 0. The normalized spacial score (nSPS) is 12.3. The molecular formula is C52H30N2OS. The summed E-state index contributed by atoms with van der Waals surface area (Å²) in [4.78, 5) is 7.37. The van der Waals surface area contributed by atoms with Crippen molar-refractivity contribution in [1.29, 1.82) is 0 Å². The van der Waals surface area contributed by atoms with Crippen molar-refractivity contribution in [2.45, 2.75) is 0 Å². The molecule has 0 aliphatic heterocycles. The predicted molar refractivity (Wildman–Crippen MR) is 242 cm³/mol. The van der Waals surface area contributed by atoms with Gasteiger partial charge in [0.05, 0.1) is 11.0 Å². The summed E-state index contributed by atoms with van der Waals surface area (Å²) in [5.41, 5.74) is 6.67. The van der Waals surface area contributed by atoms with E-state index < -0.39 is 0 Å². The van der Waals surface area contributed by atoms with Crippen LogP contribution in [0.2, 0.25) is 0 Å². The quantitative estimate of drug-likeness (QED) is 0.160. The van der Waals surface area contributed by atoms with Gasteiger partial charge in [0.25, 0.3) is 0 Å². The summed E-state index contributed by atoms with van der Waals surface area (Å²) in [7, 11) is 0. The monoisotopic (exact) mass is 730 g/mol. The number of rotatable bonds is 0. The zero-order valence-electron chi connectivity index (χ0n) is 30.0. The van der Waals surface area contributed by atoms with E-state index in [2.05, 4.69) is 180 Å². The van der Waals surface area contributed by atoms with Crippen LogP contribution in [0.1, 0.15) is 0 Å². The van der Waals surface area contributed by atoms with Gasteiger partial charge in [-0.25, -0.2) is 0 Å². The van der Waals surface area contributed by atoms with Crippen LogP contribution in [0.4, 0.5) is 0 Å². The lowest BCUT2D eigenvalue weighted by Gasteiger charge is -1.98. The summed E-state index contributed by atoms with van der Waals surface area (Å²) in [5, 5.41) is 20.2. The van der Waals surface area contributed by atoms with Gasteiger partial charge in [-0.3, -0.25) is 0 Å². The summed E-state index contributed by atoms with van der Waals surface area (Å²) < 4.78 is 9.00. The molecule has 0 radical (unpaired) electrons. The van der Waals surface area contributed by atoms with E-state index in [1.165, 1.54) is 107 Å². The lowest BCUT2D eigenvalue weighted by molar-refractivity contribution is 0.670. The molecule has 4 aromatic heterocycles. The number of furan rings is 1. The topological polar surface area (TPSA) is 44.7 Å². The second kappa shape index (κ2) is 11.2. The van der Waals surface area contributed by atoms with Crippen molar-refractivity contribution >= 4 is 140 Å². The van der Waals surface area contributed by atoms with Gasteiger partial charge in [-0.05, 0) is 68.7 Å². The van der Waals surface area contributed by atoms with Gasteiger partial charge in [-0.1, -0.05) is 133 Å². The SMILES string of the molecule is c1ccc2c(c1)ccc1c3cc4sc5c6ccccc6ccc5c4cc3[nH]c21.c1ccc2cc3c(cc2c1)oc1cc2c(cc13)[nH]c1c3ccccc3ccc21. The number of hydrogen-bond donors (Lipinski definition) is 2. The highest BCUT2D eigenvalue weighted by atomic mass is 32.1. The fraction of sp³-hybridized carbons (Fsp3) is 0. The van der Waals surface area contributed by atoms with Crippen molar-refractivity contribution in [2.24, 2.45) is 0 Å². The number of hydrogen-bond acceptors (Lipinski definition) is 2. The van der Waals surface area contributed by atoms with Crippen LogP contribution in [-0.4, -0.2) is 9.97 Å². The second-order valence-corrected chi connectivity index (χ2v) is 16.1. The fourth-order valence-electron chi connectivity index (χ4n) is 9.24. The van der Waals surface area contributed by atoms with Crippen LogP contribution in [0.5, 0.6) is 0 Å². The summed E-state index contributed by atoms with van der Waals surface area (Å²) in [5.74, 6) is 0. The lowest BCUT2D eigenvalue weighted by Crippen LogP contribution is -1.74. The molecule has 2 N–H and O–H groups in total. The third-order valence-electron chi connectivity index (χ3n) is 11.9. The van der Waals surface area contributed by atoms with Crippen LogP contribution in [0, 0.1) is 0 Å². The molecule has 4 heterocycles. The smallest absolute Gasteiger partial charge is 0.136 e. The third-order valence-corrected chi connectivity index (χ3v) is 13.1. The van der Waals surface area contributed by atoms with E-state index in [9.17, 15) is 0 Å². The Morgan fingerprint density at radius 3 is 1.46 bits per heavy atom. The maximum absolute atomic E-state index is 6.26. The van der Waals surface area contributed by atoms with Crippen LogP contribution < -0.4 is 0 Å². The maximum Gasteiger partial charge on any atom is 0.136 e. The highest BCUT2D eigenvalue weighted by Gasteiger charge is 2.15. The molecule has 4 heteroatoms. The highest BCUT2D eigenvalue weighted by molar-refractivity contribution is 7.26. The number of thiophene rings is 1. The molecule has 0 bridgehead atoms. The number of benzene rings is 10. The minimum atomic E-state index is 0.937. The minimum Gasteiger partial charge on any atom is -0.456 e. The van der Waals surface area contributed by atoms with Gasteiger partial charge >= 0.3 is 0 Å². The Labute approximate surface area is 323 Å². The Balaban J connectivity index is 0.000000118. The van der Waals surface area contributed by atoms with Crippen molar-refractivity contribution in [1.82, 2.24) is 9.97 Å². The van der Waals surface area contributed by atoms with Gasteiger partial charge in [0.15, 0.2) is 0 Å². The Morgan fingerprint density at radius 2 is 0.804 bits per heavy atom. The minimum absolute atomic E-state index is 0.937. The largest absolute Gasteiger partial charge is 0.456 e. The van der Waals surface area contributed by atoms with Crippen LogP contribution >= 0.6 is 11.3 Å². The predicted octanol–water partition coefficient (Wildman–Crippen LogP) is 15.5. The lowest BCUT2D eigenvalue weighted by atomic mass is 10.0. The molecule has 0 fully saturated rings. The zero-order chi connectivity index (χ0) is 36.5. The summed E-state index contributed by atoms with van der Waals surface area (Å²) >= 11 is 1.91. The Hall–Kier alpha value is -7.14. The van der Waals surface area contributed by atoms with Crippen molar-refractivity contribution < 1.29 is 4.42 Å². The molecule has 3 nitrogen and oxygen atoms in total. The third kappa shape index (κ3) is 4.27. The highest BCUT2D eigenvalue weighted by Crippen LogP contribution is 2.42. The first-order chi connectivity index (χ1) is 27.7. The van der Waals surface area contributed by atoms with Gasteiger partial charge in [0.1, 0.15) is 11.2 Å². The van der Waals surface area contributed by atoms with Crippen LogP contribution in [0.25, 0.3) is 129 Å². The van der Waals surface area contributed by atoms with E-state index in [0.717, 1.165) is 22.1 Å². The molecule has 0 saturated heterocycles. The molecule has 0 unspecified atom stereocenters. The van der Waals surface area contributed by atoms with Gasteiger partial charge in [0.2, 0.25) is 0 Å². The van der Waals surface area contributed by atoms with Crippen molar-refractivity contribution in [3.63, 3.8) is 0 Å². The molecule has 56 heavy (non-hydrogen) atoms. The molecule has 0 saturated carbocycles. The molecule has 0 amide bonds. The number of H-pyrrole nitrogens is 2. The van der Waals surface area contributed by atoms with E-state index >= 15 is 0 Å². The first-order valence-corrected chi connectivity index (χ1v) is 19.9. The zero-order valence-corrected chi connectivity index (χ0v) is 30.8. The Kier molecular flexibility index (Phi) is 6.04. The molecule has 0 atom stereocenters.